The van der Waals surface area contributed by atoms with E-state index in [1.807, 2.05) is 0 Å². The average Bonchev–Trinajstić information content (AvgIpc) is 2.95. The van der Waals surface area contributed by atoms with Gasteiger partial charge < -0.3 is 14.6 Å². The number of furan rings is 1. The molecule has 1 aliphatic rings. The van der Waals surface area contributed by atoms with Crippen LogP contribution in [0.5, 0.6) is 11.5 Å². The van der Waals surface area contributed by atoms with Crippen LogP contribution in [0.3, 0.4) is 0 Å². The molecule has 1 aromatic heterocycles. The van der Waals surface area contributed by atoms with Crippen LogP contribution in [-0.2, 0) is 6.42 Å². The number of phenols is 2. The third-order valence-electron chi connectivity index (χ3n) is 3.00. The molecule has 4 heteroatoms. The van der Waals surface area contributed by atoms with Gasteiger partial charge in [-0.05, 0) is 29.8 Å². The van der Waals surface area contributed by atoms with Crippen LogP contribution in [0, 0.1) is 0 Å². The monoisotopic (exact) mass is 242 g/mol. The molecule has 0 fully saturated rings. The van der Waals surface area contributed by atoms with E-state index in [0.717, 1.165) is 0 Å². The van der Waals surface area contributed by atoms with E-state index in [2.05, 4.69) is 0 Å². The zero-order chi connectivity index (χ0) is 12.7. The molecular weight excluding hydrogens is 232 g/mol. The number of carbonyl (C=O) groups excluding carboxylic acids is 1. The second kappa shape index (κ2) is 3.77. The fourth-order valence-corrected chi connectivity index (χ4v) is 2.13. The number of hydrogen-bond acceptors (Lipinski definition) is 4. The quantitative estimate of drug-likeness (QED) is 0.595. The molecule has 0 saturated carbocycles. The molecule has 0 bridgehead atoms. The van der Waals surface area contributed by atoms with Crippen molar-refractivity contribution in [3.05, 3.63) is 53.0 Å². The Kier molecular flexibility index (Phi) is 2.23. The lowest BCUT2D eigenvalue weighted by Gasteiger charge is -2.01. The molecule has 2 N–H and O–H groups in total. The number of rotatable bonds is 1. The number of ketones is 1. The standard InChI is InChI=1S/C14H10O4/c15-11-4-3-8-6-9(7-10-2-1-5-18-10)13(16)12(8)14(11)17/h1-5,7,15,17H,6H2/b9-7+. The summed E-state index contributed by atoms with van der Waals surface area (Å²) < 4.78 is 5.16. The van der Waals surface area contributed by atoms with Gasteiger partial charge in [0.05, 0.1) is 11.8 Å². The zero-order valence-corrected chi connectivity index (χ0v) is 9.38. The van der Waals surface area contributed by atoms with Crippen molar-refractivity contribution in [1.82, 2.24) is 0 Å². The van der Waals surface area contributed by atoms with Crippen LogP contribution in [-0.4, -0.2) is 16.0 Å². The number of phenolic OH excluding ortho intramolecular Hbond substituents is 2. The summed E-state index contributed by atoms with van der Waals surface area (Å²) in [5.74, 6) is -0.300. The molecule has 4 nitrogen and oxygen atoms in total. The van der Waals surface area contributed by atoms with Crippen LogP contribution in [0.25, 0.3) is 6.08 Å². The third-order valence-corrected chi connectivity index (χ3v) is 3.00. The molecule has 3 rings (SSSR count). The number of Topliss-reactive ketones (excluding diaryl/α,β-unsaturated/α-hetero) is 1. The number of aromatic hydroxyl groups is 2. The normalized spacial score (nSPS) is 16.2. The number of carbonyl (C=O) groups is 1. The zero-order valence-electron chi connectivity index (χ0n) is 9.38. The first-order chi connectivity index (χ1) is 8.66. The van der Waals surface area contributed by atoms with Crippen LogP contribution >= 0.6 is 0 Å². The molecule has 0 aliphatic heterocycles. The van der Waals surface area contributed by atoms with Crippen molar-refractivity contribution in [3.8, 4) is 11.5 Å². The Labute approximate surface area is 103 Å². The highest BCUT2D eigenvalue weighted by Gasteiger charge is 2.29. The van der Waals surface area contributed by atoms with Crippen molar-refractivity contribution in [1.29, 1.82) is 0 Å². The largest absolute Gasteiger partial charge is 0.504 e. The van der Waals surface area contributed by atoms with Gasteiger partial charge in [-0.15, -0.1) is 0 Å². The maximum Gasteiger partial charge on any atom is 0.193 e. The highest BCUT2D eigenvalue weighted by molar-refractivity contribution is 6.17. The molecule has 0 radical (unpaired) electrons. The first kappa shape index (κ1) is 10.7. The maximum atomic E-state index is 12.1. The van der Waals surface area contributed by atoms with Gasteiger partial charge in [0, 0.05) is 12.0 Å². The van der Waals surface area contributed by atoms with Crippen molar-refractivity contribution >= 4 is 11.9 Å². The minimum Gasteiger partial charge on any atom is -0.504 e. The molecule has 2 aromatic rings. The lowest BCUT2D eigenvalue weighted by atomic mass is 10.1. The molecule has 0 saturated heterocycles. The van der Waals surface area contributed by atoms with E-state index in [-0.39, 0.29) is 22.8 Å². The molecule has 1 heterocycles. The highest BCUT2D eigenvalue weighted by Crippen LogP contribution is 2.38. The lowest BCUT2D eigenvalue weighted by Crippen LogP contribution is -1.95. The maximum absolute atomic E-state index is 12.1. The molecular formula is C14H10O4. The Hall–Kier alpha value is -2.49. The van der Waals surface area contributed by atoms with Crippen molar-refractivity contribution in [2.24, 2.45) is 0 Å². The fraction of sp³-hybridized carbons (Fsp3) is 0.0714. The van der Waals surface area contributed by atoms with Gasteiger partial charge in [-0.25, -0.2) is 0 Å². The van der Waals surface area contributed by atoms with Crippen LogP contribution < -0.4 is 0 Å². The van der Waals surface area contributed by atoms with E-state index in [1.165, 1.54) is 12.3 Å². The summed E-state index contributed by atoms with van der Waals surface area (Å²) >= 11 is 0. The summed E-state index contributed by atoms with van der Waals surface area (Å²) in [7, 11) is 0. The minimum atomic E-state index is -0.347. The Morgan fingerprint density at radius 2 is 2.06 bits per heavy atom. The van der Waals surface area contributed by atoms with Crippen LogP contribution in [0.2, 0.25) is 0 Å². The Balaban J connectivity index is 2.07. The molecule has 0 spiro atoms. The number of hydrogen-bond donors (Lipinski definition) is 2. The van der Waals surface area contributed by atoms with Crippen molar-refractivity contribution in [3.63, 3.8) is 0 Å². The second-order valence-corrected chi connectivity index (χ2v) is 4.16. The van der Waals surface area contributed by atoms with E-state index in [1.54, 1.807) is 24.3 Å². The van der Waals surface area contributed by atoms with Gasteiger partial charge in [-0.1, -0.05) is 6.07 Å². The summed E-state index contributed by atoms with van der Waals surface area (Å²) in [4.78, 5) is 12.1. The molecule has 90 valence electrons. The summed E-state index contributed by atoms with van der Waals surface area (Å²) in [5.41, 5.74) is 1.45. The molecule has 0 amide bonds. The van der Waals surface area contributed by atoms with Crippen LogP contribution in [0.15, 0.2) is 40.5 Å². The minimum absolute atomic E-state index is 0.188. The highest BCUT2D eigenvalue weighted by atomic mass is 16.3. The Morgan fingerprint density at radius 3 is 2.78 bits per heavy atom. The molecule has 1 aromatic carbocycles. The topological polar surface area (TPSA) is 70.7 Å². The predicted octanol–water partition coefficient (Wildman–Crippen LogP) is 2.51. The van der Waals surface area contributed by atoms with Gasteiger partial charge in [-0.3, -0.25) is 4.79 Å². The van der Waals surface area contributed by atoms with Crippen molar-refractivity contribution in [2.75, 3.05) is 0 Å². The van der Waals surface area contributed by atoms with Gasteiger partial charge in [0.15, 0.2) is 17.3 Å². The predicted molar refractivity (Wildman–Crippen MR) is 64.5 cm³/mol. The van der Waals surface area contributed by atoms with Gasteiger partial charge in [0.2, 0.25) is 0 Å². The van der Waals surface area contributed by atoms with E-state index in [9.17, 15) is 15.0 Å². The molecule has 18 heavy (non-hydrogen) atoms. The van der Waals surface area contributed by atoms with Gasteiger partial charge in [0.1, 0.15) is 5.76 Å². The van der Waals surface area contributed by atoms with Gasteiger partial charge >= 0.3 is 0 Å². The number of fused-ring (bicyclic) bond motifs is 1. The number of benzene rings is 1. The van der Waals surface area contributed by atoms with E-state index in [4.69, 9.17) is 4.42 Å². The summed E-state index contributed by atoms with van der Waals surface area (Å²) in [6.45, 7) is 0. The SMILES string of the molecule is O=C1/C(=C/c2ccco2)Cc2ccc(O)c(O)c21. The van der Waals surface area contributed by atoms with Gasteiger partial charge in [0.25, 0.3) is 0 Å². The summed E-state index contributed by atoms with van der Waals surface area (Å²) in [6, 6.07) is 6.52. The van der Waals surface area contributed by atoms with Crippen LogP contribution in [0.4, 0.5) is 0 Å². The van der Waals surface area contributed by atoms with Crippen LogP contribution in [0.1, 0.15) is 21.7 Å². The van der Waals surface area contributed by atoms with Crippen molar-refractivity contribution < 1.29 is 19.4 Å². The molecule has 1 aliphatic carbocycles. The molecule has 0 unspecified atom stereocenters. The fourth-order valence-electron chi connectivity index (χ4n) is 2.13. The number of allylic oxidation sites excluding steroid dienone is 1. The summed E-state index contributed by atoms with van der Waals surface area (Å²) in [5, 5.41) is 19.1. The first-order valence-corrected chi connectivity index (χ1v) is 5.49. The van der Waals surface area contributed by atoms with Gasteiger partial charge in [-0.2, -0.15) is 0 Å². The van der Waals surface area contributed by atoms with E-state index < -0.39 is 0 Å². The van der Waals surface area contributed by atoms with Crippen molar-refractivity contribution in [2.45, 2.75) is 6.42 Å². The Bertz CT molecular complexity index is 651. The lowest BCUT2D eigenvalue weighted by molar-refractivity contribution is 0.103. The first-order valence-electron chi connectivity index (χ1n) is 5.49. The third kappa shape index (κ3) is 1.50. The smallest absolute Gasteiger partial charge is 0.193 e. The molecule has 0 atom stereocenters. The van der Waals surface area contributed by atoms with E-state index in [0.29, 0.717) is 23.3 Å². The Morgan fingerprint density at radius 1 is 1.22 bits per heavy atom. The summed E-state index contributed by atoms with van der Waals surface area (Å²) in [6.07, 6.45) is 3.61. The second-order valence-electron chi connectivity index (χ2n) is 4.16. The van der Waals surface area contributed by atoms with E-state index >= 15 is 0 Å². The average molecular weight is 242 g/mol.